The molecule has 1 aliphatic heterocycles. The molecule has 0 aliphatic carbocycles. The minimum atomic E-state index is 0.725. The number of rotatable bonds is 3. The molecule has 12 rings (SSSR count). The molecule has 1 aliphatic rings. The van der Waals surface area contributed by atoms with Crippen molar-refractivity contribution in [3.8, 4) is 33.8 Å². The molecule has 8 aromatic carbocycles. The van der Waals surface area contributed by atoms with E-state index >= 15 is 0 Å². The van der Waals surface area contributed by atoms with Gasteiger partial charge in [-0.15, -0.1) is 22.7 Å². The lowest BCUT2D eigenvalue weighted by molar-refractivity contribution is 1.23. The number of aromatic nitrogens is 2. The van der Waals surface area contributed by atoms with Gasteiger partial charge in [0.2, 0.25) is 0 Å². The monoisotopic (exact) mass is 709 g/mol. The van der Waals surface area contributed by atoms with Crippen LogP contribution in [0, 0.1) is 0 Å². The third-order valence-corrected chi connectivity index (χ3v) is 13.1. The average Bonchev–Trinajstić information content (AvgIpc) is 3.79. The summed E-state index contributed by atoms with van der Waals surface area (Å²) in [5, 5.41) is 8.72. The van der Waals surface area contributed by atoms with Crippen molar-refractivity contribution >= 4 is 102 Å². The van der Waals surface area contributed by atoms with Gasteiger partial charge in [0.05, 0.1) is 27.3 Å². The van der Waals surface area contributed by atoms with Gasteiger partial charge in [0.25, 0.3) is 0 Å². The zero-order valence-electron chi connectivity index (χ0n) is 28.2. The predicted octanol–water partition coefficient (Wildman–Crippen LogP) is 14.3. The Morgan fingerprint density at radius 3 is 2.09 bits per heavy atom. The summed E-state index contributed by atoms with van der Waals surface area (Å²) in [6, 6.07) is 59.4. The summed E-state index contributed by atoms with van der Waals surface area (Å²) < 4.78 is 4.92. The first-order valence-electron chi connectivity index (χ1n) is 17.8. The molecule has 0 spiro atoms. The topological polar surface area (TPSA) is 29.0 Å². The number of hydrogen-bond acceptors (Lipinski definition) is 5. The highest BCUT2D eigenvalue weighted by Crippen LogP contribution is 2.53. The zero-order valence-corrected chi connectivity index (χ0v) is 29.9. The Morgan fingerprint density at radius 1 is 0.453 bits per heavy atom. The highest BCUT2D eigenvalue weighted by Gasteiger charge is 2.28. The fraction of sp³-hybridized carbons (Fsp3) is 0. The quantitative estimate of drug-likeness (QED) is 0.183. The van der Waals surface area contributed by atoms with Gasteiger partial charge in [-0.3, -0.25) is 0 Å². The predicted molar refractivity (Wildman–Crippen MR) is 227 cm³/mol. The summed E-state index contributed by atoms with van der Waals surface area (Å²) in [5.74, 6) is 0.725. The number of thiophene rings is 2. The van der Waals surface area contributed by atoms with Crippen LogP contribution in [0.4, 0.5) is 17.1 Å². The normalized spacial score (nSPS) is 12.5. The van der Waals surface area contributed by atoms with Gasteiger partial charge in [-0.1, -0.05) is 115 Å². The van der Waals surface area contributed by atoms with E-state index in [1.54, 1.807) is 11.3 Å². The van der Waals surface area contributed by atoms with Crippen molar-refractivity contribution in [2.75, 3.05) is 4.90 Å². The summed E-state index contributed by atoms with van der Waals surface area (Å²) in [6.07, 6.45) is 0. The van der Waals surface area contributed by atoms with Crippen molar-refractivity contribution in [2.45, 2.75) is 0 Å². The summed E-state index contributed by atoms with van der Waals surface area (Å²) >= 11 is 3.62. The second kappa shape index (κ2) is 11.1. The Balaban J connectivity index is 1.09. The number of anilines is 3. The van der Waals surface area contributed by atoms with Crippen LogP contribution in [0.25, 0.3) is 95.8 Å². The number of fused-ring (bicyclic) bond motifs is 10. The van der Waals surface area contributed by atoms with E-state index < -0.39 is 0 Å². The lowest BCUT2D eigenvalue weighted by atomic mass is 9.87. The van der Waals surface area contributed by atoms with E-state index in [-0.39, 0.29) is 0 Å². The smallest absolute Gasteiger partial charge is 0.160 e. The summed E-state index contributed by atoms with van der Waals surface area (Å²) in [6.45, 7) is 0. The molecule has 0 saturated carbocycles. The highest BCUT2D eigenvalue weighted by atomic mass is 32.1. The lowest BCUT2D eigenvalue weighted by Gasteiger charge is -2.34. The maximum Gasteiger partial charge on any atom is 0.160 e. The largest absolute Gasteiger partial charge is 0.309 e. The zero-order chi connectivity index (χ0) is 34.6. The first-order valence-corrected chi connectivity index (χ1v) is 19.5. The van der Waals surface area contributed by atoms with Crippen molar-refractivity contribution in [1.29, 1.82) is 0 Å². The van der Waals surface area contributed by atoms with Gasteiger partial charge in [0.15, 0.2) is 5.82 Å². The molecule has 5 heteroatoms. The number of benzene rings is 8. The summed E-state index contributed by atoms with van der Waals surface area (Å²) in [5.41, 5.74) is 10.0. The molecule has 0 radical (unpaired) electrons. The van der Waals surface area contributed by atoms with Gasteiger partial charge in [-0.25, -0.2) is 9.97 Å². The Morgan fingerprint density at radius 2 is 1.19 bits per heavy atom. The second-order valence-corrected chi connectivity index (χ2v) is 15.9. The van der Waals surface area contributed by atoms with Crippen LogP contribution in [0.15, 0.2) is 164 Å². The van der Waals surface area contributed by atoms with Crippen LogP contribution in [0.2, 0.25) is 0 Å². The maximum atomic E-state index is 5.44. The standard InChI is InChI=1S/C48H27N3S2/c1-2-15-33-28(10-1)22-24-39-44(33)36-18-8-11-29-12-9-19-38(43(29)36)51(39)32-14-7-13-31(26-32)48-49-45(47-46(50-48)35-17-4-6-21-41(35)53-47)30-23-25-42-37(27-30)34-16-3-5-20-40(34)52-42/h1-27H. The van der Waals surface area contributed by atoms with Crippen LogP contribution in [-0.2, 0) is 0 Å². The molecule has 0 unspecified atom stereocenters. The van der Waals surface area contributed by atoms with E-state index in [9.17, 15) is 0 Å². The van der Waals surface area contributed by atoms with Gasteiger partial charge >= 0.3 is 0 Å². The van der Waals surface area contributed by atoms with Gasteiger partial charge in [-0.05, 0) is 70.3 Å². The molecule has 11 aromatic rings. The van der Waals surface area contributed by atoms with Crippen LogP contribution in [-0.4, -0.2) is 9.97 Å². The second-order valence-electron chi connectivity index (χ2n) is 13.7. The number of hydrogen-bond donors (Lipinski definition) is 0. The molecule has 0 bridgehead atoms. The first-order chi connectivity index (χ1) is 26.3. The summed E-state index contributed by atoms with van der Waals surface area (Å²) in [7, 11) is 0. The van der Waals surface area contributed by atoms with Crippen LogP contribution in [0.1, 0.15) is 0 Å². The Labute approximate surface area is 312 Å². The molecule has 0 amide bonds. The minimum absolute atomic E-state index is 0.725. The Hall–Kier alpha value is -6.40. The van der Waals surface area contributed by atoms with E-state index in [1.807, 2.05) is 11.3 Å². The molecule has 3 nitrogen and oxygen atoms in total. The van der Waals surface area contributed by atoms with Gasteiger partial charge in [0.1, 0.15) is 0 Å². The van der Waals surface area contributed by atoms with Crippen molar-refractivity contribution in [3.05, 3.63) is 164 Å². The SMILES string of the molecule is c1cc(-c2nc(-c3ccc4sc5ccccc5c4c3)c3sc4ccccc4c3n2)cc(N2c3ccc4ccccc4c3-c3cccc4cccc2c34)c1. The molecule has 0 N–H and O–H groups in total. The fourth-order valence-electron chi connectivity index (χ4n) is 8.43. The maximum absolute atomic E-state index is 5.44. The molecule has 0 atom stereocenters. The molecule has 0 saturated heterocycles. The van der Waals surface area contributed by atoms with E-state index in [2.05, 4.69) is 169 Å². The average molecular weight is 710 g/mol. The van der Waals surface area contributed by atoms with Gasteiger partial charge < -0.3 is 4.90 Å². The van der Waals surface area contributed by atoms with Gasteiger partial charge in [0, 0.05) is 58.0 Å². The Bertz CT molecular complexity index is 3310. The molecular weight excluding hydrogens is 683 g/mol. The molecule has 246 valence electrons. The van der Waals surface area contributed by atoms with Crippen LogP contribution in [0.3, 0.4) is 0 Å². The van der Waals surface area contributed by atoms with Crippen molar-refractivity contribution < 1.29 is 0 Å². The fourth-order valence-corrected chi connectivity index (χ4v) is 10.7. The van der Waals surface area contributed by atoms with E-state index in [0.29, 0.717) is 0 Å². The lowest BCUT2D eigenvalue weighted by Crippen LogP contribution is -2.15. The van der Waals surface area contributed by atoms with Crippen molar-refractivity contribution in [2.24, 2.45) is 0 Å². The molecule has 4 heterocycles. The Kier molecular flexibility index (Phi) is 6.09. The molecule has 0 fully saturated rings. The molecule has 3 aromatic heterocycles. The van der Waals surface area contributed by atoms with Crippen molar-refractivity contribution in [1.82, 2.24) is 9.97 Å². The van der Waals surface area contributed by atoms with Crippen LogP contribution >= 0.6 is 22.7 Å². The van der Waals surface area contributed by atoms with Crippen LogP contribution < -0.4 is 4.90 Å². The molecule has 53 heavy (non-hydrogen) atoms. The number of nitrogens with zero attached hydrogens (tertiary/aromatic N) is 3. The third-order valence-electron chi connectivity index (χ3n) is 10.8. The third kappa shape index (κ3) is 4.26. The summed E-state index contributed by atoms with van der Waals surface area (Å²) in [4.78, 5) is 13.2. The van der Waals surface area contributed by atoms with Gasteiger partial charge in [-0.2, -0.15) is 0 Å². The van der Waals surface area contributed by atoms with E-state index in [4.69, 9.17) is 9.97 Å². The van der Waals surface area contributed by atoms with E-state index in [1.165, 1.54) is 68.9 Å². The van der Waals surface area contributed by atoms with Crippen LogP contribution in [0.5, 0.6) is 0 Å². The molecular formula is C48H27N3S2. The minimum Gasteiger partial charge on any atom is -0.309 e. The van der Waals surface area contributed by atoms with E-state index in [0.717, 1.165) is 43.9 Å². The first kappa shape index (κ1) is 29.2. The van der Waals surface area contributed by atoms with Crippen molar-refractivity contribution in [3.63, 3.8) is 0 Å². The highest BCUT2D eigenvalue weighted by molar-refractivity contribution is 7.26.